The summed E-state index contributed by atoms with van der Waals surface area (Å²) in [6.07, 6.45) is 0.560. The third kappa shape index (κ3) is 30.8. The Balaban J connectivity index is 0. The van der Waals surface area contributed by atoms with Crippen molar-refractivity contribution in [2.24, 2.45) is 5.11 Å². The van der Waals surface area contributed by atoms with Gasteiger partial charge in [-0.2, -0.15) is 0 Å². The molecule has 0 rings (SSSR count). The van der Waals surface area contributed by atoms with Gasteiger partial charge in [0.05, 0.1) is 0 Å². The predicted molar refractivity (Wildman–Crippen MR) is 33.3 cm³/mol. The van der Waals surface area contributed by atoms with Crippen LogP contribution in [0, 0.1) is 11.1 Å². The van der Waals surface area contributed by atoms with Gasteiger partial charge in [-0.05, 0) is 12.0 Å². The Bertz CT molecular complexity index is 132. The van der Waals surface area contributed by atoms with Crippen molar-refractivity contribution in [2.45, 2.75) is 6.42 Å². The van der Waals surface area contributed by atoms with Crippen LogP contribution >= 0.6 is 0 Å². The van der Waals surface area contributed by atoms with Crippen LogP contribution < -0.4 is 4.91 Å². The highest BCUT2D eigenvalue weighted by Crippen LogP contribution is 1.76. The van der Waals surface area contributed by atoms with Crippen LogP contribution in [0.15, 0.2) is 5.11 Å². The van der Waals surface area contributed by atoms with Gasteiger partial charge < -0.3 is 5.11 Å². The standard InChI is InChI=1S/C3H7N3O.H2N3/c4-6-5-2-1-3-7;1-3-2/h7H,1-3H2;1-2H/q;+1. The second-order valence-electron chi connectivity index (χ2n) is 1.14. The van der Waals surface area contributed by atoms with Crippen molar-refractivity contribution >= 4 is 0 Å². The van der Waals surface area contributed by atoms with Crippen LogP contribution in [0.1, 0.15) is 6.42 Å². The Morgan fingerprint density at radius 1 is 1.50 bits per heavy atom. The molecule has 0 aliphatic heterocycles. The van der Waals surface area contributed by atoms with Crippen molar-refractivity contribution < 1.29 is 5.11 Å². The number of nitrogens with one attached hydrogen (secondary N) is 2. The average Bonchev–Trinajstić information content (AvgIpc) is 1.91. The van der Waals surface area contributed by atoms with Gasteiger partial charge in [-0.15, -0.1) is 0 Å². The Hall–Kier alpha value is -1.42. The lowest BCUT2D eigenvalue weighted by Crippen LogP contribution is -1.83. The zero-order chi connectivity index (χ0) is 8.24. The van der Waals surface area contributed by atoms with Gasteiger partial charge in [0.1, 0.15) is 11.1 Å². The van der Waals surface area contributed by atoms with Crippen LogP contribution in [0.2, 0.25) is 0 Å². The SMILES string of the molecule is N=[N+]=N.[N-]=[N+]=NCCCO. The fourth-order valence-electron chi connectivity index (χ4n) is 0.186. The third-order valence-electron chi connectivity index (χ3n) is 0.479. The quantitative estimate of drug-likeness (QED) is 0.230. The van der Waals surface area contributed by atoms with Crippen molar-refractivity contribution in [1.29, 1.82) is 11.1 Å². The van der Waals surface area contributed by atoms with Crippen LogP contribution in [-0.4, -0.2) is 18.3 Å². The molecule has 7 heteroatoms. The van der Waals surface area contributed by atoms with Crippen molar-refractivity contribution in [3.8, 4) is 0 Å². The number of rotatable bonds is 3. The molecule has 10 heavy (non-hydrogen) atoms. The molecule has 0 amide bonds. The maximum atomic E-state index is 8.11. The highest BCUT2D eigenvalue weighted by Gasteiger charge is 1.75. The summed E-state index contributed by atoms with van der Waals surface area (Å²) in [5.41, 5.74) is 18.7. The second kappa shape index (κ2) is 15.6. The van der Waals surface area contributed by atoms with Crippen LogP contribution in [0.5, 0.6) is 0 Å². The molecule has 0 aliphatic carbocycles. The molecule has 0 spiro atoms. The molecule has 0 aromatic rings. The van der Waals surface area contributed by atoms with E-state index in [4.69, 9.17) is 21.7 Å². The molecule has 0 aliphatic rings. The molecule has 0 saturated carbocycles. The summed E-state index contributed by atoms with van der Waals surface area (Å²) in [6, 6.07) is 0. The monoisotopic (exact) mass is 145 g/mol. The van der Waals surface area contributed by atoms with E-state index in [1.165, 1.54) is 0 Å². The largest absolute Gasteiger partial charge is 0.396 e. The maximum Gasteiger partial charge on any atom is 0.211 e. The average molecular weight is 145 g/mol. The van der Waals surface area contributed by atoms with Crippen LogP contribution in [0.3, 0.4) is 0 Å². The van der Waals surface area contributed by atoms with E-state index in [1.54, 1.807) is 0 Å². The lowest BCUT2D eigenvalue weighted by molar-refractivity contribution is 0.291. The summed E-state index contributed by atoms with van der Waals surface area (Å²) in [5.74, 6) is 0. The number of hydrogen-bond acceptors (Lipinski definition) is 4. The van der Waals surface area contributed by atoms with Gasteiger partial charge in [-0.1, -0.05) is 5.11 Å². The van der Waals surface area contributed by atoms with E-state index in [1.807, 2.05) is 4.91 Å². The topological polar surface area (TPSA) is 131 Å². The normalized spacial score (nSPS) is 6.10. The number of aliphatic hydroxyl groups excluding tert-OH is 1. The summed E-state index contributed by atoms with van der Waals surface area (Å²) >= 11 is 0. The molecule has 3 N–H and O–H groups in total. The third-order valence-corrected chi connectivity index (χ3v) is 0.479. The predicted octanol–water partition coefficient (Wildman–Crippen LogP) is 0.795. The summed E-state index contributed by atoms with van der Waals surface area (Å²) < 4.78 is 0. The van der Waals surface area contributed by atoms with Gasteiger partial charge in [0.25, 0.3) is 0 Å². The fraction of sp³-hybridized carbons (Fsp3) is 1.00. The molecule has 0 radical (unpaired) electrons. The Morgan fingerprint density at radius 2 is 2.00 bits per heavy atom. The van der Waals surface area contributed by atoms with Gasteiger partial charge in [0.2, 0.25) is 4.91 Å². The van der Waals surface area contributed by atoms with Gasteiger partial charge in [-0.3, -0.25) is 0 Å². The van der Waals surface area contributed by atoms with Gasteiger partial charge >= 0.3 is 0 Å². The number of nitrogens with zero attached hydrogens (tertiary/aromatic N) is 4. The summed E-state index contributed by atoms with van der Waals surface area (Å²) in [6.45, 7) is 0.492. The minimum absolute atomic E-state index is 0.0962. The zero-order valence-electron chi connectivity index (χ0n) is 5.36. The zero-order valence-corrected chi connectivity index (χ0v) is 5.36. The molecule has 0 aromatic heterocycles. The van der Waals surface area contributed by atoms with Crippen molar-refractivity contribution in [2.75, 3.05) is 13.2 Å². The minimum atomic E-state index is 0.0962. The van der Waals surface area contributed by atoms with Gasteiger partial charge in [-0.25, -0.2) is 0 Å². The molecule has 0 saturated heterocycles. The number of hydrogen-bond donors (Lipinski definition) is 3. The first-order valence-corrected chi connectivity index (χ1v) is 2.48. The molecule has 0 unspecified atom stereocenters. The van der Waals surface area contributed by atoms with E-state index in [9.17, 15) is 0 Å². The number of aliphatic hydroxyl groups is 1. The lowest BCUT2D eigenvalue weighted by atomic mass is 10.5. The van der Waals surface area contributed by atoms with Crippen LogP contribution in [0.4, 0.5) is 0 Å². The summed E-state index contributed by atoms with van der Waals surface area (Å²) in [5, 5.41) is 11.3. The first kappa shape index (κ1) is 11.4. The molecule has 7 nitrogen and oxygen atoms in total. The molecule has 0 heterocycles. The van der Waals surface area contributed by atoms with E-state index < -0.39 is 0 Å². The highest BCUT2D eigenvalue weighted by molar-refractivity contribution is 4.43. The van der Waals surface area contributed by atoms with Crippen LogP contribution in [-0.2, 0) is 0 Å². The van der Waals surface area contributed by atoms with Crippen molar-refractivity contribution in [3.63, 3.8) is 0 Å². The molecule has 0 aromatic carbocycles. The number of azide groups is 1. The summed E-state index contributed by atoms with van der Waals surface area (Å²) in [7, 11) is 0. The first-order chi connectivity index (χ1) is 4.83. The highest BCUT2D eigenvalue weighted by atomic mass is 16.3. The van der Waals surface area contributed by atoms with Crippen LogP contribution in [0.25, 0.3) is 10.4 Å². The molecular weight excluding hydrogens is 136 g/mol. The molecule has 0 fully saturated rings. The molecule has 0 atom stereocenters. The Kier molecular flexibility index (Phi) is 17.8. The van der Waals surface area contributed by atoms with E-state index >= 15 is 0 Å². The lowest BCUT2D eigenvalue weighted by Gasteiger charge is -1.80. The van der Waals surface area contributed by atoms with Gasteiger partial charge in [0, 0.05) is 18.1 Å². The first-order valence-electron chi connectivity index (χ1n) is 2.48. The molecular formula is C3H9N6O+. The van der Waals surface area contributed by atoms with E-state index in [2.05, 4.69) is 10.0 Å². The van der Waals surface area contributed by atoms with Crippen molar-refractivity contribution in [3.05, 3.63) is 10.4 Å². The molecule has 56 valence electrons. The Morgan fingerprint density at radius 3 is 2.30 bits per heavy atom. The summed E-state index contributed by atoms with van der Waals surface area (Å²) in [4.78, 5) is 4.49. The maximum absolute atomic E-state index is 8.11. The van der Waals surface area contributed by atoms with E-state index in [0.717, 1.165) is 0 Å². The van der Waals surface area contributed by atoms with E-state index in [-0.39, 0.29) is 6.61 Å². The smallest absolute Gasteiger partial charge is 0.211 e. The second-order valence-corrected chi connectivity index (χ2v) is 1.14. The van der Waals surface area contributed by atoms with Gasteiger partial charge in [0.15, 0.2) is 0 Å². The molecule has 0 bridgehead atoms. The van der Waals surface area contributed by atoms with Crippen molar-refractivity contribution in [1.82, 2.24) is 4.91 Å². The fourth-order valence-corrected chi connectivity index (χ4v) is 0.186. The van der Waals surface area contributed by atoms with E-state index in [0.29, 0.717) is 13.0 Å². The minimum Gasteiger partial charge on any atom is -0.396 e. The Labute approximate surface area is 57.3 Å².